The first-order valence-corrected chi connectivity index (χ1v) is 12.5. The number of aryl methyl sites for hydroxylation is 1. The van der Waals surface area contributed by atoms with Crippen LogP contribution in [0.3, 0.4) is 0 Å². The summed E-state index contributed by atoms with van der Waals surface area (Å²) >= 11 is 5.84. The van der Waals surface area contributed by atoms with E-state index in [1.165, 1.54) is 0 Å². The minimum absolute atomic E-state index is 0.0850. The smallest absolute Gasteiger partial charge is 0.225 e. The second-order valence-electron chi connectivity index (χ2n) is 9.72. The first kappa shape index (κ1) is 23.3. The van der Waals surface area contributed by atoms with Crippen molar-refractivity contribution in [2.24, 2.45) is 5.92 Å². The van der Waals surface area contributed by atoms with Gasteiger partial charge < -0.3 is 14.4 Å². The molecule has 0 spiro atoms. The van der Waals surface area contributed by atoms with Gasteiger partial charge >= 0.3 is 0 Å². The summed E-state index contributed by atoms with van der Waals surface area (Å²) in [5.74, 6) is 1.16. The minimum Gasteiger partial charge on any atom is -0.497 e. The number of methoxy groups -OCH3 is 1. The van der Waals surface area contributed by atoms with E-state index in [9.17, 15) is 4.79 Å². The molecule has 1 aromatic carbocycles. The number of piperidine rings is 1. The summed E-state index contributed by atoms with van der Waals surface area (Å²) in [5, 5.41) is 5.96. The third-order valence-electron chi connectivity index (χ3n) is 7.08. The molecule has 1 amide bonds. The van der Waals surface area contributed by atoms with Gasteiger partial charge in [-0.2, -0.15) is 5.10 Å². The Morgan fingerprint density at radius 2 is 1.88 bits per heavy atom. The fourth-order valence-corrected chi connectivity index (χ4v) is 5.68. The Bertz CT molecular complexity index is 1270. The fraction of sp³-hybridized carbons (Fsp3) is 0.560. The van der Waals surface area contributed by atoms with Gasteiger partial charge in [-0.1, -0.05) is 0 Å². The molecule has 182 valence electrons. The molecular formula is C25H33N5O3S. The number of aromatic nitrogens is 3. The molecule has 0 bridgehead atoms. The van der Waals surface area contributed by atoms with Gasteiger partial charge in [0.1, 0.15) is 5.75 Å². The van der Waals surface area contributed by atoms with Crippen LogP contribution in [0.2, 0.25) is 0 Å². The third-order valence-corrected chi connectivity index (χ3v) is 7.48. The molecule has 2 aliphatic rings. The summed E-state index contributed by atoms with van der Waals surface area (Å²) in [6.07, 6.45) is 1.92. The van der Waals surface area contributed by atoms with Crippen molar-refractivity contribution in [3.63, 3.8) is 0 Å². The van der Waals surface area contributed by atoms with Crippen molar-refractivity contribution in [2.75, 3.05) is 33.3 Å². The van der Waals surface area contributed by atoms with E-state index in [0.717, 1.165) is 53.8 Å². The third kappa shape index (κ3) is 4.32. The number of morpholine rings is 1. The molecule has 2 fully saturated rings. The monoisotopic (exact) mass is 483 g/mol. The molecule has 5 rings (SSSR count). The Hall–Kier alpha value is -2.49. The van der Waals surface area contributed by atoms with Crippen LogP contribution in [0.5, 0.6) is 5.75 Å². The zero-order valence-electron chi connectivity index (χ0n) is 20.4. The van der Waals surface area contributed by atoms with Crippen molar-refractivity contribution in [3.05, 3.63) is 34.6 Å². The van der Waals surface area contributed by atoms with Crippen LogP contribution in [0.4, 0.5) is 0 Å². The number of likely N-dealkylation sites (tertiary alicyclic amines) is 1. The van der Waals surface area contributed by atoms with Gasteiger partial charge in [-0.15, -0.1) is 0 Å². The maximum absolute atomic E-state index is 13.1. The Morgan fingerprint density at radius 1 is 1.18 bits per heavy atom. The highest BCUT2D eigenvalue weighted by Gasteiger charge is 2.32. The molecule has 3 aromatic rings. The lowest BCUT2D eigenvalue weighted by Gasteiger charge is -2.39. The Kier molecular flexibility index (Phi) is 6.35. The number of nitrogens with zero attached hydrogens (tertiary/aromatic N) is 5. The Labute approximate surface area is 205 Å². The topological polar surface area (TPSA) is 64.2 Å². The number of benzene rings is 1. The molecule has 8 nitrogen and oxygen atoms in total. The predicted molar refractivity (Wildman–Crippen MR) is 134 cm³/mol. The maximum Gasteiger partial charge on any atom is 0.225 e. The Morgan fingerprint density at radius 3 is 2.56 bits per heavy atom. The summed E-state index contributed by atoms with van der Waals surface area (Å²) in [4.78, 5) is 17.4. The first-order chi connectivity index (χ1) is 16.3. The summed E-state index contributed by atoms with van der Waals surface area (Å²) < 4.78 is 15.8. The number of fused-ring (bicyclic) bond motifs is 3. The molecule has 2 saturated heterocycles. The molecule has 0 saturated carbocycles. The lowest BCUT2D eigenvalue weighted by molar-refractivity contribution is -0.149. The van der Waals surface area contributed by atoms with Gasteiger partial charge in [0, 0.05) is 43.5 Å². The lowest BCUT2D eigenvalue weighted by Crippen LogP contribution is -2.51. The van der Waals surface area contributed by atoms with Crippen LogP contribution in [0.25, 0.3) is 16.6 Å². The number of ether oxygens (including phenoxy) is 2. The summed E-state index contributed by atoms with van der Waals surface area (Å²) in [7, 11) is 1.67. The largest absolute Gasteiger partial charge is 0.497 e. The van der Waals surface area contributed by atoms with Crippen LogP contribution in [-0.2, 0) is 16.2 Å². The number of carbonyl (C=O) groups excluding carboxylic acids is 1. The second-order valence-corrected chi connectivity index (χ2v) is 10.1. The van der Waals surface area contributed by atoms with E-state index < -0.39 is 0 Å². The first-order valence-electron chi connectivity index (χ1n) is 12.1. The second kappa shape index (κ2) is 9.28. The molecule has 4 heterocycles. The van der Waals surface area contributed by atoms with Gasteiger partial charge in [0.15, 0.2) is 5.65 Å². The van der Waals surface area contributed by atoms with Crippen LogP contribution in [0, 0.1) is 17.6 Å². The molecular weight excluding hydrogens is 450 g/mol. The number of carbonyl (C=O) groups is 1. The average molecular weight is 484 g/mol. The van der Waals surface area contributed by atoms with E-state index in [0.29, 0.717) is 24.5 Å². The molecule has 0 radical (unpaired) electrons. The molecule has 2 aliphatic heterocycles. The molecule has 9 heteroatoms. The van der Waals surface area contributed by atoms with Gasteiger partial charge in [0.05, 0.1) is 31.5 Å². The SMILES string of the molecule is COc1ccc2c(C)cc3nn(CN4CCC(C(=O)N5CC(C)OC(C)C5)CC4)c(=S)n3c2c1. The van der Waals surface area contributed by atoms with Crippen molar-refractivity contribution in [3.8, 4) is 5.75 Å². The van der Waals surface area contributed by atoms with Crippen molar-refractivity contribution in [2.45, 2.75) is 52.5 Å². The Balaban J connectivity index is 1.31. The van der Waals surface area contributed by atoms with Gasteiger partial charge in [-0.3, -0.25) is 14.1 Å². The average Bonchev–Trinajstić information content (AvgIpc) is 3.13. The van der Waals surface area contributed by atoms with Crippen molar-refractivity contribution in [1.82, 2.24) is 24.0 Å². The minimum atomic E-state index is 0.0850. The quantitative estimate of drug-likeness (QED) is 0.528. The van der Waals surface area contributed by atoms with Crippen molar-refractivity contribution >= 4 is 34.7 Å². The predicted octanol–water partition coefficient (Wildman–Crippen LogP) is 3.64. The summed E-state index contributed by atoms with van der Waals surface area (Å²) in [6, 6.07) is 8.14. The number of rotatable bonds is 4. The zero-order valence-corrected chi connectivity index (χ0v) is 21.2. The summed E-state index contributed by atoms with van der Waals surface area (Å²) in [5.41, 5.74) is 3.00. The molecule has 2 atom stereocenters. The van der Waals surface area contributed by atoms with Crippen LogP contribution in [0.1, 0.15) is 32.3 Å². The van der Waals surface area contributed by atoms with Crippen LogP contribution < -0.4 is 4.74 Å². The number of amides is 1. The normalized spacial score (nSPS) is 22.5. The van der Waals surface area contributed by atoms with Gasteiger partial charge in [-0.05, 0) is 69.6 Å². The van der Waals surface area contributed by atoms with Crippen molar-refractivity contribution < 1.29 is 14.3 Å². The van der Waals surface area contributed by atoms with Gasteiger partial charge in [-0.25, -0.2) is 4.68 Å². The van der Waals surface area contributed by atoms with E-state index >= 15 is 0 Å². The van der Waals surface area contributed by atoms with E-state index in [-0.39, 0.29) is 24.0 Å². The number of pyridine rings is 1. The van der Waals surface area contributed by atoms with Crippen LogP contribution in [-0.4, -0.2) is 75.4 Å². The molecule has 2 aromatic heterocycles. The van der Waals surface area contributed by atoms with Crippen molar-refractivity contribution in [1.29, 1.82) is 0 Å². The van der Waals surface area contributed by atoms with E-state index in [1.54, 1.807) is 7.11 Å². The standard InChI is InChI=1S/C25H33N5O3S/c1-16-11-23-26-29(25(34)30(23)22-12-20(32-4)5-6-21(16)22)15-27-9-7-19(8-10-27)24(31)28-13-17(2)33-18(3)14-28/h5-6,11-12,17-19H,7-10,13-15H2,1-4H3. The highest BCUT2D eigenvalue weighted by atomic mass is 32.1. The number of hydrogen-bond acceptors (Lipinski definition) is 6. The van der Waals surface area contributed by atoms with E-state index in [2.05, 4.69) is 24.0 Å². The highest BCUT2D eigenvalue weighted by molar-refractivity contribution is 7.71. The molecule has 2 unspecified atom stereocenters. The fourth-order valence-electron chi connectivity index (χ4n) is 5.39. The maximum atomic E-state index is 13.1. The van der Waals surface area contributed by atoms with E-state index in [1.807, 2.05) is 40.0 Å². The summed E-state index contributed by atoms with van der Waals surface area (Å²) in [6.45, 7) is 9.89. The molecule has 0 aliphatic carbocycles. The number of hydrogen-bond donors (Lipinski definition) is 0. The lowest BCUT2D eigenvalue weighted by atomic mass is 9.95. The zero-order chi connectivity index (χ0) is 24.0. The molecule has 0 N–H and O–H groups in total. The van der Waals surface area contributed by atoms with Gasteiger partial charge in [0.2, 0.25) is 10.7 Å². The van der Waals surface area contributed by atoms with E-state index in [4.69, 9.17) is 26.8 Å². The van der Waals surface area contributed by atoms with Gasteiger partial charge in [0.25, 0.3) is 0 Å². The molecule has 34 heavy (non-hydrogen) atoms. The highest BCUT2D eigenvalue weighted by Crippen LogP contribution is 2.26. The van der Waals surface area contributed by atoms with Crippen LogP contribution >= 0.6 is 12.2 Å². The van der Waals surface area contributed by atoms with Crippen LogP contribution in [0.15, 0.2) is 24.3 Å².